The second kappa shape index (κ2) is 5.91. The van der Waals surface area contributed by atoms with Gasteiger partial charge in [0.2, 0.25) is 10.6 Å². The molecule has 2 amide bonds. The monoisotopic (exact) mass is 402 g/mol. The number of aromatic nitrogens is 1. The number of nitrogens with one attached hydrogen (secondary N) is 1. The summed E-state index contributed by atoms with van der Waals surface area (Å²) in [5.41, 5.74) is -0.594. The second-order valence-electron chi connectivity index (χ2n) is 7.05. The molecule has 146 valence electrons. The summed E-state index contributed by atoms with van der Waals surface area (Å²) in [5.74, 6) is -4.57. The van der Waals surface area contributed by atoms with Gasteiger partial charge in [-0.25, -0.2) is 8.78 Å². The van der Waals surface area contributed by atoms with Crippen molar-refractivity contribution in [1.29, 1.82) is 0 Å². The number of fused-ring (bicyclic) bond motifs is 1. The van der Waals surface area contributed by atoms with Gasteiger partial charge in [-0.05, 0) is 0 Å². The minimum Gasteiger partial charge on any atom is -0.593 e. The number of likely N-dealkylation sites (tertiary alicyclic amines) is 2. The fourth-order valence-electron chi connectivity index (χ4n) is 3.41. The molecule has 0 radical (unpaired) electrons. The van der Waals surface area contributed by atoms with Crippen LogP contribution in [-0.2, 0) is 28.0 Å². The average molecular weight is 402 g/mol. The molecule has 1 aromatic rings. The van der Waals surface area contributed by atoms with Crippen LogP contribution in [0.1, 0.15) is 10.5 Å². The van der Waals surface area contributed by atoms with Gasteiger partial charge in [-0.2, -0.15) is 0 Å². The SMILES string of the molecule is Cn1cc2c(c1C=O)OCC1(CN(C(=O)C(=O)N3CC(F)(F)C3)C1)N[S+]2[O-]. The van der Waals surface area contributed by atoms with Gasteiger partial charge < -0.3 is 23.7 Å². The fourth-order valence-corrected chi connectivity index (χ4v) is 4.68. The fraction of sp³-hybridized carbons (Fsp3) is 0.533. The number of alkyl halides is 2. The van der Waals surface area contributed by atoms with Crippen LogP contribution in [0.2, 0.25) is 0 Å². The van der Waals surface area contributed by atoms with Gasteiger partial charge in [0.15, 0.2) is 6.29 Å². The third kappa shape index (κ3) is 2.87. The van der Waals surface area contributed by atoms with Crippen molar-refractivity contribution in [3.63, 3.8) is 0 Å². The summed E-state index contributed by atoms with van der Waals surface area (Å²) in [6, 6.07) is 0. The zero-order chi connectivity index (χ0) is 19.6. The summed E-state index contributed by atoms with van der Waals surface area (Å²) in [7, 11) is 1.63. The number of halogens is 2. The number of aldehydes is 1. The summed E-state index contributed by atoms with van der Waals surface area (Å²) in [4.78, 5) is 37.7. The topological polar surface area (TPSA) is 107 Å². The van der Waals surface area contributed by atoms with E-state index in [0.29, 0.717) is 11.2 Å². The van der Waals surface area contributed by atoms with Crippen molar-refractivity contribution in [2.75, 3.05) is 32.8 Å². The third-order valence-corrected chi connectivity index (χ3v) is 6.16. The molecule has 1 atom stereocenters. The average Bonchev–Trinajstić information content (AvgIpc) is 2.80. The molecule has 0 aromatic carbocycles. The molecule has 0 bridgehead atoms. The van der Waals surface area contributed by atoms with E-state index in [4.69, 9.17) is 4.74 Å². The van der Waals surface area contributed by atoms with E-state index in [9.17, 15) is 27.7 Å². The van der Waals surface area contributed by atoms with Crippen molar-refractivity contribution in [3.8, 4) is 5.75 Å². The molecule has 0 aliphatic carbocycles. The molecular formula is C15H16F2N4O5S. The van der Waals surface area contributed by atoms with Crippen LogP contribution >= 0.6 is 0 Å². The van der Waals surface area contributed by atoms with E-state index in [0.717, 1.165) is 4.90 Å². The summed E-state index contributed by atoms with van der Waals surface area (Å²) in [6.45, 7) is -1.39. The van der Waals surface area contributed by atoms with Crippen LogP contribution in [-0.4, -0.2) is 81.3 Å². The summed E-state index contributed by atoms with van der Waals surface area (Å²) < 4.78 is 48.4. The molecule has 9 nitrogen and oxygen atoms in total. The van der Waals surface area contributed by atoms with Gasteiger partial charge >= 0.3 is 11.8 Å². The molecule has 0 saturated carbocycles. The summed E-state index contributed by atoms with van der Waals surface area (Å²) in [5, 5.41) is 0. The van der Waals surface area contributed by atoms with Gasteiger partial charge in [-0.15, -0.1) is 4.72 Å². The number of hydrogen-bond donors (Lipinski definition) is 1. The van der Waals surface area contributed by atoms with Crippen LogP contribution in [0, 0.1) is 0 Å². The van der Waals surface area contributed by atoms with Gasteiger partial charge in [-0.1, -0.05) is 0 Å². The number of carbonyl (C=O) groups is 3. The maximum Gasteiger partial charge on any atom is 0.312 e. The molecule has 2 fully saturated rings. The zero-order valence-electron chi connectivity index (χ0n) is 14.2. The third-order valence-electron chi connectivity index (χ3n) is 4.85. The highest BCUT2D eigenvalue weighted by molar-refractivity contribution is 7.89. The van der Waals surface area contributed by atoms with E-state index in [-0.39, 0.29) is 31.1 Å². The molecule has 1 N–H and O–H groups in total. The maximum absolute atomic E-state index is 12.9. The lowest BCUT2D eigenvalue weighted by Crippen LogP contribution is -2.75. The van der Waals surface area contributed by atoms with Crippen LogP contribution in [0.3, 0.4) is 0 Å². The molecule has 1 spiro atoms. The predicted octanol–water partition coefficient (Wildman–Crippen LogP) is -1.10. The maximum atomic E-state index is 12.9. The van der Waals surface area contributed by atoms with Crippen LogP contribution in [0.5, 0.6) is 5.75 Å². The van der Waals surface area contributed by atoms with Crippen LogP contribution < -0.4 is 9.46 Å². The zero-order valence-corrected chi connectivity index (χ0v) is 15.1. The molecule has 4 heterocycles. The van der Waals surface area contributed by atoms with Crippen molar-refractivity contribution >= 4 is 29.5 Å². The largest absolute Gasteiger partial charge is 0.593 e. The normalized spacial score (nSPS) is 25.0. The molecule has 12 heteroatoms. The Balaban J connectivity index is 1.41. The Hall–Kier alpha value is -2.18. The number of nitrogens with zero attached hydrogens (tertiary/aromatic N) is 3. The number of amides is 2. The quantitative estimate of drug-likeness (QED) is 0.363. The first-order valence-electron chi connectivity index (χ1n) is 8.08. The first-order valence-corrected chi connectivity index (χ1v) is 9.23. The highest BCUT2D eigenvalue weighted by Gasteiger charge is 2.55. The lowest BCUT2D eigenvalue weighted by Gasteiger charge is -2.48. The van der Waals surface area contributed by atoms with Gasteiger partial charge in [0.1, 0.15) is 17.8 Å². The van der Waals surface area contributed by atoms with Gasteiger partial charge in [0.05, 0.1) is 30.6 Å². The Morgan fingerprint density at radius 2 is 1.85 bits per heavy atom. The van der Waals surface area contributed by atoms with Gasteiger partial charge in [-0.3, -0.25) is 14.4 Å². The number of carbonyl (C=O) groups excluding carboxylic acids is 3. The van der Waals surface area contributed by atoms with Crippen molar-refractivity contribution in [3.05, 3.63) is 11.9 Å². The molecule has 3 aliphatic heterocycles. The van der Waals surface area contributed by atoms with Crippen molar-refractivity contribution < 1.29 is 32.5 Å². The van der Waals surface area contributed by atoms with E-state index in [2.05, 4.69) is 4.72 Å². The van der Waals surface area contributed by atoms with E-state index in [1.54, 1.807) is 7.05 Å². The molecule has 1 unspecified atom stereocenters. The van der Waals surface area contributed by atoms with E-state index >= 15 is 0 Å². The Labute approximate surface area is 155 Å². The van der Waals surface area contributed by atoms with Crippen molar-refractivity contribution in [2.24, 2.45) is 7.05 Å². The number of ether oxygens (including phenoxy) is 1. The predicted molar refractivity (Wildman–Crippen MR) is 86.7 cm³/mol. The Morgan fingerprint density at radius 3 is 2.41 bits per heavy atom. The molecule has 4 rings (SSSR count). The first kappa shape index (κ1) is 18.2. The second-order valence-corrected chi connectivity index (χ2v) is 8.24. The molecule has 2 saturated heterocycles. The van der Waals surface area contributed by atoms with Crippen LogP contribution in [0.25, 0.3) is 0 Å². The highest BCUT2D eigenvalue weighted by atomic mass is 32.2. The van der Waals surface area contributed by atoms with Crippen LogP contribution in [0.15, 0.2) is 11.1 Å². The highest BCUT2D eigenvalue weighted by Crippen LogP contribution is 2.36. The smallest absolute Gasteiger partial charge is 0.312 e. The summed E-state index contributed by atoms with van der Waals surface area (Å²) >= 11 is -1.68. The number of aryl methyl sites for hydroxylation is 1. The number of hydrogen-bond acceptors (Lipinski definition) is 6. The number of rotatable bonds is 1. The van der Waals surface area contributed by atoms with Crippen molar-refractivity contribution in [2.45, 2.75) is 16.4 Å². The van der Waals surface area contributed by atoms with Crippen LogP contribution in [0.4, 0.5) is 8.78 Å². The Morgan fingerprint density at radius 1 is 1.26 bits per heavy atom. The van der Waals surface area contributed by atoms with Gasteiger partial charge in [0.25, 0.3) is 5.92 Å². The summed E-state index contributed by atoms with van der Waals surface area (Å²) in [6.07, 6.45) is 2.13. The first-order chi connectivity index (χ1) is 12.6. The standard InChI is InChI=1S/C15H16F2N4O5S/c1-19-2-10-11(9(19)3-22)26-8-14(18-27(10)25)4-20(5-14)12(23)13(24)21-6-15(16,17)7-21/h2-3,18H,4-8H2,1H3. The Kier molecular flexibility index (Phi) is 3.98. The Bertz CT molecular complexity index is 830. The minimum atomic E-state index is -2.94. The van der Waals surface area contributed by atoms with E-state index in [1.165, 1.54) is 15.7 Å². The molecule has 1 aromatic heterocycles. The lowest BCUT2D eigenvalue weighted by atomic mass is 9.91. The van der Waals surface area contributed by atoms with E-state index < -0.39 is 47.7 Å². The lowest BCUT2D eigenvalue weighted by molar-refractivity contribution is -0.176. The molecule has 3 aliphatic rings. The van der Waals surface area contributed by atoms with Gasteiger partial charge in [0, 0.05) is 20.1 Å². The minimum absolute atomic E-state index is 0.0380. The molecule has 27 heavy (non-hydrogen) atoms. The van der Waals surface area contributed by atoms with Crippen molar-refractivity contribution in [1.82, 2.24) is 19.1 Å². The van der Waals surface area contributed by atoms with E-state index in [1.807, 2.05) is 0 Å². The molecular weight excluding hydrogens is 386 g/mol.